The molecule has 3 aromatic rings. The van der Waals surface area contributed by atoms with Gasteiger partial charge in [-0.2, -0.15) is 0 Å². The summed E-state index contributed by atoms with van der Waals surface area (Å²) >= 11 is 0. The smallest absolute Gasteiger partial charge is 0.261 e. The first-order chi connectivity index (χ1) is 9.66. The molecule has 0 saturated heterocycles. The highest BCUT2D eigenvalue weighted by atomic mass is 16.1. The van der Waals surface area contributed by atoms with E-state index >= 15 is 0 Å². The zero-order chi connectivity index (χ0) is 14.1. The maximum atomic E-state index is 12.6. The van der Waals surface area contributed by atoms with Crippen LogP contribution >= 0.6 is 0 Å². The predicted molar refractivity (Wildman–Crippen MR) is 81.0 cm³/mol. The highest BCUT2D eigenvalue weighted by Crippen LogP contribution is 2.13. The molecule has 100 valence electrons. The van der Waals surface area contributed by atoms with Crippen LogP contribution in [0.5, 0.6) is 0 Å². The van der Waals surface area contributed by atoms with Crippen LogP contribution in [0.15, 0.2) is 53.3 Å². The third-order valence-electron chi connectivity index (χ3n) is 3.56. The van der Waals surface area contributed by atoms with Crippen LogP contribution < -0.4 is 5.56 Å². The molecule has 0 spiro atoms. The molecule has 0 amide bonds. The van der Waals surface area contributed by atoms with Gasteiger partial charge in [-0.15, -0.1) is 0 Å². The monoisotopic (exact) mass is 264 g/mol. The number of fused-ring (bicyclic) bond motifs is 1. The van der Waals surface area contributed by atoms with Crippen molar-refractivity contribution in [2.24, 2.45) is 0 Å². The summed E-state index contributed by atoms with van der Waals surface area (Å²) in [6.45, 7) is 4.42. The fourth-order valence-electron chi connectivity index (χ4n) is 2.45. The molecule has 1 aromatic heterocycles. The highest BCUT2D eigenvalue weighted by molar-refractivity contribution is 5.80. The van der Waals surface area contributed by atoms with Crippen molar-refractivity contribution in [1.29, 1.82) is 0 Å². The molecule has 0 saturated carbocycles. The van der Waals surface area contributed by atoms with Crippen LogP contribution in [-0.2, 0) is 6.54 Å². The van der Waals surface area contributed by atoms with Crippen molar-refractivity contribution in [1.82, 2.24) is 9.55 Å². The first kappa shape index (κ1) is 12.6. The average Bonchev–Trinajstić information content (AvgIpc) is 2.46. The first-order valence-electron chi connectivity index (χ1n) is 6.67. The summed E-state index contributed by atoms with van der Waals surface area (Å²) in [6, 6.07) is 15.7. The predicted octanol–water partition coefficient (Wildman–Crippen LogP) is 3.06. The summed E-state index contributed by atoms with van der Waals surface area (Å²) < 4.78 is 1.73. The Balaban J connectivity index is 2.20. The van der Waals surface area contributed by atoms with Gasteiger partial charge in [0, 0.05) is 0 Å². The van der Waals surface area contributed by atoms with Gasteiger partial charge in [0.1, 0.15) is 5.82 Å². The minimum absolute atomic E-state index is 0.0278. The Morgan fingerprint density at radius 2 is 1.75 bits per heavy atom. The Morgan fingerprint density at radius 3 is 2.50 bits per heavy atom. The van der Waals surface area contributed by atoms with E-state index in [-0.39, 0.29) is 5.56 Å². The Bertz CT molecular complexity index is 820. The standard InChI is InChI=1S/C17H16N2O/c1-12-7-6-10-15-16(12)18-13(2)19(17(15)20)11-14-8-4-3-5-9-14/h3-10H,11H2,1-2H3. The maximum Gasteiger partial charge on any atom is 0.261 e. The molecule has 0 radical (unpaired) electrons. The van der Waals surface area contributed by atoms with E-state index in [1.54, 1.807) is 4.57 Å². The molecule has 0 bridgehead atoms. The summed E-state index contributed by atoms with van der Waals surface area (Å²) in [5.41, 5.74) is 2.97. The lowest BCUT2D eigenvalue weighted by molar-refractivity contribution is 0.712. The van der Waals surface area contributed by atoms with Crippen LogP contribution in [0.4, 0.5) is 0 Å². The van der Waals surface area contributed by atoms with Crippen molar-refractivity contribution in [2.45, 2.75) is 20.4 Å². The molecular weight excluding hydrogens is 248 g/mol. The van der Waals surface area contributed by atoms with Gasteiger partial charge < -0.3 is 0 Å². The number of aryl methyl sites for hydroxylation is 2. The zero-order valence-corrected chi connectivity index (χ0v) is 11.6. The van der Waals surface area contributed by atoms with E-state index in [2.05, 4.69) is 4.98 Å². The molecule has 20 heavy (non-hydrogen) atoms. The Kier molecular flexibility index (Phi) is 3.11. The van der Waals surface area contributed by atoms with Crippen LogP contribution in [0.25, 0.3) is 10.9 Å². The number of benzene rings is 2. The lowest BCUT2D eigenvalue weighted by Crippen LogP contribution is -2.24. The van der Waals surface area contributed by atoms with E-state index in [0.717, 1.165) is 22.5 Å². The van der Waals surface area contributed by atoms with Gasteiger partial charge in [0.05, 0.1) is 17.4 Å². The van der Waals surface area contributed by atoms with Crippen LogP contribution in [0.1, 0.15) is 17.0 Å². The molecule has 3 heteroatoms. The summed E-state index contributed by atoms with van der Waals surface area (Å²) in [6.07, 6.45) is 0. The molecule has 3 rings (SSSR count). The Hall–Kier alpha value is -2.42. The number of nitrogens with zero attached hydrogens (tertiary/aromatic N) is 2. The summed E-state index contributed by atoms with van der Waals surface area (Å²) in [7, 11) is 0. The molecule has 0 N–H and O–H groups in total. The molecule has 0 aliphatic carbocycles. The molecule has 1 heterocycles. The van der Waals surface area contributed by atoms with Gasteiger partial charge in [-0.05, 0) is 31.0 Å². The molecule has 0 aliphatic rings. The van der Waals surface area contributed by atoms with E-state index < -0.39 is 0 Å². The number of para-hydroxylation sites is 1. The SMILES string of the molecule is Cc1cccc2c(=O)n(Cc3ccccc3)c(C)nc12. The second-order valence-corrected chi connectivity index (χ2v) is 5.01. The second-order valence-electron chi connectivity index (χ2n) is 5.01. The fraction of sp³-hybridized carbons (Fsp3) is 0.176. The molecule has 0 atom stereocenters. The second kappa shape index (κ2) is 4.93. The van der Waals surface area contributed by atoms with E-state index in [1.165, 1.54) is 0 Å². The van der Waals surface area contributed by atoms with Crippen LogP contribution in [0, 0.1) is 13.8 Å². The minimum Gasteiger partial charge on any atom is -0.292 e. The summed E-state index contributed by atoms with van der Waals surface area (Å²) in [4.78, 5) is 17.2. The van der Waals surface area contributed by atoms with Crippen molar-refractivity contribution in [3.63, 3.8) is 0 Å². The normalized spacial score (nSPS) is 10.9. The first-order valence-corrected chi connectivity index (χ1v) is 6.67. The van der Waals surface area contributed by atoms with Crippen LogP contribution in [0.3, 0.4) is 0 Å². The fourth-order valence-corrected chi connectivity index (χ4v) is 2.45. The Morgan fingerprint density at radius 1 is 1.00 bits per heavy atom. The lowest BCUT2D eigenvalue weighted by Gasteiger charge is -2.11. The molecular formula is C17H16N2O. The number of rotatable bonds is 2. The number of hydrogen-bond donors (Lipinski definition) is 0. The van der Waals surface area contributed by atoms with E-state index in [1.807, 2.05) is 62.4 Å². The van der Waals surface area contributed by atoms with Gasteiger partial charge in [-0.3, -0.25) is 9.36 Å². The van der Waals surface area contributed by atoms with Gasteiger partial charge in [0.2, 0.25) is 0 Å². The zero-order valence-electron chi connectivity index (χ0n) is 11.6. The molecule has 0 aliphatic heterocycles. The van der Waals surface area contributed by atoms with E-state index in [4.69, 9.17) is 0 Å². The van der Waals surface area contributed by atoms with Gasteiger partial charge in [0.15, 0.2) is 0 Å². The Labute approximate surface area is 117 Å². The largest absolute Gasteiger partial charge is 0.292 e. The van der Waals surface area contributed by atoms with Gasteiger partial charge >= 0.3 is 0 Å². The van der Waals surface area contributed by atoms with Crippen molar-refractivity contribution in [2.75, 3.05) is 0 Å². The highest BCUT2D eigenvalue weighted by Gasteiger charge is 2.09. The average molecular weight is 264 g/mol. The summed E-state index contributed by atoms with van der Waals surface area (Å²) in [5.74, 6) is 0.751. The van der Waals surface area contributed by atoms with Gasteiger partial charge in [-0.25, -0.2) is 4.98 Å². The van der Waals surface area contributed by atoms with Crippen LogP contribution in [-0.4, -0.2) is 9.55 Å². The molecule has 3 nitrogen and oxygen atoms in total. The van der Waals surface area contributed by atoms with E-state index in [0.29, 0.717) is 11.9 Å². The van der Waals surface area contributed by atoms with E-state index in [9.17, 15) is 4.79 Å². The minimum atomic E-state index is 0.0278. The van der Waals surface area contributed by atoms with Crippen LogP contribution in [0.2, 0.25) is 0 Å². The number of aromatic nitrogens is 2. The third-order valence-corrected chi connectivity index (χ3v) is 3.56. The van der Waals surface area contributed by atoms with Crippen molar-refractivity contribution < 1.29 is 0 Å². The molecule has 0 unspecified atom stereocenters. The molecule has 2 aromatic carbocycles. The van der Waals surface area contributed by atoms with Crippen molar-refractivity contribution in [3.05, 3.63) is 75.8 Å². The lowest BCUT2D eigenvalue weighted by atomic mass is 10.1. The van der Waals surface area contributed by atoms with Gasteiger partial charge in [-0.1, -0.05) is 42.5 Å². The van der Waals surface area contributed by atoms with Gasteiger partial charge in [0.25, 0.3) is 5.56 Å². The topological polar surface area (TPSA) is 34.9 Å². The third kappa shape index (κ3) is 2.11. The quantitative estimate of drug-likeness (QED) is 0.713. The van der Waals surface area contributed by atoms with Crippen molar-refractivity contribution >= 4 is 10.9 Å². The summed E-state index contributed by atoms with van der Waals surface area (Å²) in [5, 5.41) is 0.687. The number of hydrogen-bond acceptors (Lipinski definition) is 2. The molecule has 0 fully saturated rings. The van der Waals surface area contributed by atoms with Crippen molar-refractivity contribution in [3.8, 4) is 0 Å². The maximum absolute atomic E-state index is 12.6.